The first-order valence-corrected chi connectivity index (χ1v) is 6.84. The van der Waals surface area contributed by atoms with E-state index in [1.807, 2.05) is 0 Å². The van der Waals surface area contributed by atoms with Gasteiger partial charge in [0.05, 0.1) is 11.2 Å². The Bertz CT molecular complexity index is 330. The zero-order valence-electron chi connectivity index (χ0n) is 10.9. The standard InChI is InChI=1S/C15H24O/c1-10-7-8-15-11(2)5-6-12(9-13(10)15)14(3,4)16-15/h10,12-13H,2,5-9H2,1,3-4H3/t10-,12+,13+,15-/m0/s1. The van der Waals surface area contributed by atoms with Crippen LogP contribution in [0, 0.1) is 17.8 Å². The van der Waals surface area contributed by atoms with Crippen molar-refractivity contribution in [2.45, 2.75) is 64.1 Å². The molecule has 0 unspecified atom stereocenters. The Morgan fingerprint density at radius 3 is 2.81 bits per heavy atom. The highest BCUT2D eigenvalue weighted by atomic mass is 16.5. The fourth-order valence-corrected chi connectivity index (χ4v) is 4.52. The molecular formula is C15H24O. The lowest BCUT2D eigenvalue weighted by Crippen LogP contribution is -2.52. The molecule has 16 heavy (non-hydrogen) atoms. The van der Waals surface area contributed by atoms with E-state index in [1.54, 1.807) is 0 Å². The zero-order valence-corrected chi connectivity index (χ0v) is 10.9. The van der Waals surface area contributed by atoms with E-state index in [9.17, 15) is 0 Å². The Balaban J connectivity index is 2.07. The highest BCUT2D eigenvalue weighted by molar-refractivity contribution is 5.25. The first-order chi connectivity index (χ1) is 7.46. The lowest BCUT2D eigenvalue weighted by atomic mass is 9.72. The average molecular weight is 220 g/mol. The van der Waals surface area contributed by atoms with Crippen molar-refractivity contribution in [1.29, 1.82) is 0 Å². The third-order valence-corrected chi connectivity index (χ3v) is 5.62. The Morgan fingerprint density at radius 1 is 1.31 bits per heavy atom. The van der Waals surface area contributed by atoms with Crippen molar-refractivity contribution in [2.75, 3.05) is 0 Å². The van der Waals surface area contributed by atoms with E-state index in [1.165, 1.54) is 37.7 Å². The van der Waals surface area contributed by atoms with Gasteiger partial charge in [0, 0.05) is 0 Å². The van der Waals surface area contributed by atoms with Gasteiger partial charge in [-0.15, -0.1) is 0 Å². The molecule has 0 aromatic carbocycles. The molecule has 4 fully saturated rings. The predicted molar refractivity (Wildman–Crippen MR) is 66.3 cm³/mol. The molecular weight excluding hydrogens is 196 g/mol. The summed E-state index contributed by atoms with van der Waals surface area (Å²) in [6, 6.07) is 0. The normalized spacial score (nSPS) is 50.2. The number of hydrogen-bond donors (Lipinski definition) is 0. The van der Waals surface area contributed by atoms with Crippen LogP contribution >= 0.6 is 0 Å². The molecule has 2 bridgehead atoms. The van der Waals surface area contributed by atoms with E-state index in [-0.39, 0.29) is 11.2 Å². The molecule has 2 saturated carbocycles. The third-order valence-electron chi connectivity index (χ3n) is 5.62. The Kier molecular flexibility index (Phi) is 2.12. The van der Waals surface area contributed by atoms with E-state index < -0.39 is 0 Å². The van der Waals surface area contributed by atoms with E-state index in [4.69, 9.17) is 4.74 Å². The Morgan fingerprint density at radius 2 is 2.06 bits per heavy atom. The molecule has 0 amide bonds. The number of hydrogen-bond acceptors (Lipinski definition) is 1. The molecule has 90 valence electrons. The number of rotatable bonds is 0. The van der Waals surface area contributed by atoms with Gasteiger partial charge in [-0.2, -0.15) is 0 Å². The summed E-state index contributed by atoms with van der Waals surface area (Å²) in [5.74, 6) is 2.32. The summed E-state index contributed by atoms with van der Waals surface area (Å²) in [5, 5.41) is 0. The van der Waals surface area contributed by atoms with Crippen LogP contribution in [0.25, 0.3) is 0 Å². The second kappa shape index (κ2) is 3.13. The second-order valence-corrected chi connectivity index (χ2v) is 6.79. The van der Waals surface area contributed by atoms with Gasteiger partial charge in [0.25, 0.3) is 0 Å². The Labute approximate surface area is 99.3 Å². The van der Waals surface area contributed by atoms with Gasteiger partial charge >= 0.3 is 0 Å². The van der Waals surface area contributed by atoms with Gasteiger partial charge in [-0.25, -0.2) is 0 Å². The zero-order chi connectivity index (χ0) is 11.6. The highest BCUT2D eigenvalue weighted by Crippen LogP contribution is 2.60. The molecule has 2 heterocycles. The largest absolute Gasteiger partial charge is 0.364 e. The van der Waals surface area contributed by atoms with Crippen molar-refractivity contribution in [3.05, 3.63) is 12.2 Å². The van der Waals surface area contributed by atoms with Crippen molar-refractivity contribution in [2.24, 2.45) is 17.8 Å². The monoisotopic (exact) mass is 220 g/mol. The van der Waals surface area contributed by atoms with E-state index in [0.29, 0.717) is 0 Å². The summed E-state index contributed by atoms with van der Waals surface area (Å²) in [4.78, 5) is 0. The van der Waals surface area contributed by atoms with Crippen LogP contribution in [-0.4, -0.2) is 11.2 Å². The minimum absolute atomic E-state index is 0.0515. The van der Waals surface area contributed by atoms with Gasteiger partial charge < -0.3 is 4.74 Å². The fraction of sp³-hybridized carbons (Fsp3) is 0.867. The molecule has 4 aliphatic rings. The second-order valence-electron chi connectivity index (χ2n) is 6.79. The highest BCUT2D eigenvalue weighted by Gasteiger charge is 2.59. The van der Waals surface area contributed by atoms with Crippen molar-refractivity contribution < 1.29 is 4.74 Å². The minimum Gasteiger partial charge on any atom is -0.364 e. The van der Waals surface area contributed by atoms with E-state index in [2.05, 4.69) is 27.4 Å². The van der Waals surface area contributed by atoms with Crippen LogP contribution in [0.5, 0.6) is 0 Å². The molecule has 1 heteroatoms. The molecule has 4 atom stereocenters. The average Bonchev–Trinajstić information content (AvgIpc) is 2.38. The van der Waals surface area contributed by atoms with Crippen LogP contribution in [-0.2, 0) is 4.74 Å². The van der Waals surface area contributed by atoms with Crippen molar-refractivity contribution in [3.63, 3.8) is 0 Å². The molecule has 0 radical (unpaired) electrons. The molecule has 0 N–H and O–H groups in total. The van der Waals surface area contributed by atoms with Crippen LogP contribution in [0.15, 0.2) is 12.2 Å². The number of fused-ring (bicyclic) bond motifs is 3. The maximum atomic E-state index is 6.59. The summed E-state index contributed by atoms with van der Waals surface area (Å²) in [6.07, 6.45) is 6.39. The van der Waals surface area contributed by atoms with Crippen LogP contribution < -0.4 is 0 Å². The van der Waals surface area contributed by atoms with Gasteiger partial charge in [0.15, 0.2) is 0 Å². The molecule has 2 saturated heterocycles. The quantitative estimate of drug-likeness (QED) is 0.562. The maximum Gasteiger partial charge on any atom is 0.0927 e. The lowest BCUT2D eigenvalue weighted by Gasteiger charge is -2.50. The van der Waals surface area contributed by atoms with Crippen molar-refractivity contribution in [1.82, 2.24) is 0 Å². The molecule has 0 aromatic rings. The maximum absolute atomic E-state index is 6.59. The summed E-state index contributed by atoms with van der Waals surface area (Å²) >= 11 is 0. The first-order valence-electron chi connectivity index (χ1n) is 6.84. The lowest BCUT2D eigenvalue weighted by molar-refractivity contribution is -0.197. The summed E-state index contributed by atoms with van der Waals surface area (Å²) in [7, 11) is 0. The van der Waals surface area contributed by atoms with Crippen LogP contribution in [0.1, 0.15) is 52.9 Å². The topological polar surface area (TPSA) is 9.23 Å². The summed E-state index contributed by atoms with van der Waals surface area (Å²) < 4.78 is 6.59. The van der Waals surface area contributed by atoms with Gasteiger partial charge in [-0.1, -0.05) is 13.5 Å². The van der Waals surface area contributed by atoms with E-state index in [0.717, 1.165) is 17.8 Å². The fourth-order valence-electron chi connectivity index (χ4n) is 4.52. The van der Waals surface area contributed by atoms with Gasteiger partial charge in [-0.05, 0) is 69.3 Å². The molecule has 1 spiro atoms. The van der Waals surface area contributed by atoms with Gasteiger partial charge in [0.1, 0.15) is 0 Å². The van der Waals surface area contributed by atoms with Crippen molar-refractivity contribution in [3.8, 4) is 0 Å². The summed E-state index contributed by atoms with van der Waals surface area (Å²) in [5.41, 5.74) is 1.52. The molecule has 1 nitrogen and oxygen atoms in total. The first kappa shape index (κ1) is 10.8. The number of ether oxygens (including phenoxy) is 1. The van der Waals surface area contributed by atoms with Crippen LogP contribution in [0.4, 0.5) is 0 Å². The molecule has 2 aliphatic carbocycles. The minimum atomic E-state index is 0.0515. The predicted octanol–water partition coefficient (Wildman–Crippen LogP) is 3.94. The SMILES string of the molecule is C=C1CC[C@@H]2C[C@@H]3[C@@H](C)CC[C@]13OC2(C)C. The van der Waals surface area contributed by atoms with Crippen molar-refractivity contribution >= 4 is 0 Å². The van der Waals surface area contributed by atoms with E-state index >= 15 is 0 Å². The smallest absolute Gasteiger partial charge is 0.0927 e. The van der Waals surface area contributed by atoms with Crippen LogP contribution in [0.2, 0.25) is 0 Å². The molecule has 2 aliphatic heterocycles. The van der Waals surface area contributed by atoms with Crippen LogP contribution in [0.3, 0.4) is 0 Å². The Hall–Kier alpha value is -0.300. The van der Waals surface area contributed by atoms with Gasteiger partial charge in [0.2, 0.25) is 0 Å². The molecule has 4 rings (SSSR count). The summed E-state index contributed by atoms with van der Waals surface area (Å²) in [6.45, 7) is 11.3. The third kappa shape index (κ3) is 1.21. The van der Waals surface area contributed by atoms with Gasteiger partial charge in [-0.3, -0.25) is 0 Å². The molecule has 0 aromatic heterocycles.